The molecule has 94 valence electrons. The fraction of sp³-hybridized carbons (Fsp3) is 0.500. The summed E-state index contributed by atoms with van der Waals surface area (Å²) in [4.78, 5) is 12.5. The summed E-state index contributed by atoms with van der Waals surface area (Å²) in [5.74, 6) is 0. The fourth-order valence-corrected chi connectivity index (χ4v) is 1.77. The van der Waals surface area contributed by atoms with Crippen molar-refractivity contribution >= 4 is 11.4 Å². The van der Waals surface area contributed by atoms with Crippen molar-refractivity contribution in [3.63, 3.8) is 0 Å². The smallest absolute Gasteiger partial charge is 0.292 e. The average molecular weight is 237 g/mol. The van der Waals surface area contributed by atoms with E-state index in [1.165, 1.54) is 6.07 Å². The number of hydrogen-bond acceptors (Lipinski definition) is 4. The number of anilines is 1. The highest BCUT2D eigenvalue weighted by Crippen LogP contribution is 2.26. The molecule has 2 N–H and O–H groups in total. The highest BCUT2D eigenvalue weighted by molar-refractivity contribution is 5.62. The van der Waals surface area contributed by atoms with E-state index in [0.29, 0.717) is 12.6 Å². The average Bonchev–Trinajstić information content (AvgIpc) is 2.26. The molecule has 0 saturated carbocycles. The third-order valence-electron chi connectivity index (χ3n) is 2.88. The third-order valence-corrected chi connectivity index (χ3v) is 2.88. The van der Waals surface area contributed by atoms with Crippen LogP contribution in [-0.2, 0) is 6.54 Å². The molecule has 0 saturated heterocycles. The first-order valence-corrected chi connectivity index (χ1v) is 5.73. The number of rotatable bonds is 5. The number of nitrogens with zero attached hydrogens (tertiary/aromatic N) is 2. The molecule has 0 aliphatic rings. The minimum absolute atomic E-state index is 0.0118. The van der Waals surface area contributed by atoms with Crippen LogP contribution in [0.2, 0.25) is 0 Å². The summed E-state index contributed by atoms with van der Waals surface area (Å²) < 4.78 is 0. The summed E-state index contributed by atoms with van der Waals surface area (Å²) in [6.07, 6.45) is 0. The fourth-order valence-electron chi connectivity index (χ4n) is 1.77. The van der Waals surface area contributed by atoms with Crippen LogP contribution in [0.25, 0.3) is 0 Å². The van der Waals surface area contributed by atoms with E-state index in [0.717, 1.165) is 12.1 Å². The monoisotopic (exact) mass is 237 g/mol. The van der Waals surface area contributed by atoms with Gasteiger partial charge in [-0.05, 0) is 26.0 Å². The Morgan fingerprint density at radius 1 is 1.47 bits per heavy atom. The van der Waals surface area contributed by atoms with Crippen molar-refractivity contribution < 1.29 is 4.92 Å². The highest BCUT2D eigenvalue weighted by Gasteiger charge is 2.16. The van der Waals surface area contributed by atoms with Crippen LogP contribution in [0.4, 0.5) is 11.4 Å². The van der Waals surface area contributed by atoms with Crippen LogP contribution in [0, 0.1) is 10.1 Å². The van der Waals surface area contributed by atoms with Gasteiger partial charge in [-0.25, -0.2) is 0 Å². The summed E-state index contributed by atoms with van der Waals surface area (Å²) in [5, 5.41) is 10.8. The predicted octanol–water partition coefficient (Wildman–Crippen LogP) is 2.41. The highest BCUT2D eigenvalue weighted by atomic mass is 16.6. The van der Waals surface area contributed by atoms with Crippen molar-refractivity contribution in [1.29, 1.82) is 0 Å². The largest absolute Gasteiger partial charge is 0.393 e. The molecule has 1 rings (SSSR count). The number of nitro benzene ring substituents is 1. The first kappa shape index (κ1) is 13.4. The van der Waals surface area contributed by atoms with E-state index in [1.54, 1.807) is 6.07 Å². The quantitative estimate of drug-likeness (QED) is 0.485. The maximum atomic E-state index is 10.8. The lowest BCUT2D eigenvalue weighted by molar-refractivity contribution is -0.384. The molecular weight excluding hydrogens is 218 g/mol. The second-order valence-electron chi connectivity index (χ2n) is 4.26. The van der Waals surface area contributed by atoms with Gasteiger partial charge in [0.15, 0.2) is 0 Å². The van der Waals surface area contributed by atoms with Gasteiger partial charge in [0, 0.05) is 18.7 Å². The number of nitrogen functional groups attached to an aromatic ring is 1. The maximum absolute atomic E-state index is 10.8. The van der Waals surface area contributed by atoms with Gasteiger partial charge in [-0.3, -0.25) is 15.0 Å². The normalized spacial score (nSPS) is 11.1. The van der Waals surface area contributed by atoms with Crippen LogP contribution in [-0.4, -0.2) is 22.4 Å². The Morgan fingerprint density at radius 2 is 2.12 bits per heavy atom. The summed E-state index contributed by atoms with van der Waals surface area (Å²) in [6, 6.07) is 5.34. The van der Waals surface area contributed by atoms with Gasteiger partial charge in [-0.15, -0.1) is 0 Å². The predicted molar refractivity (Wildman–Crippen MR) is 68.7 cm³/mol. The Bertz CT molecular complexity index is 405. The van der Waals surface area contributed by atoms with Gasteiger partial charge in [-0.1, -0.05) is 19.1 Å². The van der Waals surface area contributed by atoms with Crippen LogP contribution >= 0.6 is 0 Å². The van der Waals surface area contributed by atoms with Crippen LogP contribution in [0.5, 0.6) is 0 Å². The topological polar surface area (TPSA) is 72.4 Å². The molecule has 5 nitrogen and oxygen atoms in total. The van der Waals surface area contributed by atoms with Gasteiger partial charge in [0.05, 0.1) is 4.92 Å². The summed E-state index contributed by atoms with van der Waals surface area (Å²) >= 11 is 0. The molecule has 0 aliphatic carbocycles. The lowest BCUT2D eigenvalue weighted by Crippen LogP contribution is -2.30. The van der Waals surface area contributed by atoms with Crippen molar-refractivity contribution in [3.8, 4) is 0 Å². The van der Waals surface area contributed by atoms with Crippen molar-refractivity contribution in [1.82, 2.24) is 4.90 Å². The number of nitrogens with two attached hydrogens (primary N) is 1. The Balaban J connectivity index is 2.99. The van der Waals surface area contributed by atoms with Crippen molar-refractivity contribution in [2.75, 3.05) is 12.3 Å². The molecule has 1 aromatic rings. The summed E-state index contributed by atoms with van der Waals surface area (Å²) in [5.41, 5.74) is 6.90. The lowest BCUT2D eigenvalue weighted by atomic mass is 10.1. The van der Waals surface area contributed by atoms with E-state index < -0.39 is 4.92 Å². The van der Waals surface area contributed by atoms with Gasteiger partial charge in [-0.2, -0.15) is 0 Å². The number of hydrogen-bond donors (Lipinski definition) is 1. The molecule has 1 aromatic carbocycles. The van der Waals surface area contributed by atoms with E-state index in [9.17, 15) is 10.1 Å². The van der Waals surface area contributed by atoms with Crippen LogP contribution in [0.3, 0.4) is 0 Å². The molecule has 0 radical (unpaired) electrons. The second kappa shape index (κ2) is 5.63. The first-order chi connectivity index (χ1) is 7.97. The molecule has 0 heterocycles. The lowest BCUT2D eigenvalue weighted by Gasteiger charge is -2.25. The summed E-state index contributed by atoms with van der Waals surface area (Å²) in [7, 11) is 0. The molecule has 5 heteroatoms. The molecule has 17 heavy (non-hydrogen) atoms. The molecule has 0 aliphatic heterocycles. The minimum Gasteiger partial charge on any atom is -0.393 e. The van der Waals surface area contributed by atoms with Crippen molar-refractivity contribution in [2.45, 2.75) is 33.4 Å². The Kier molecular flexibility index (Phi) is 4.45. The molecule has 0 bridgehead atoms. The minimum atomic E-state index is -0.440. The zero-order valence-corrected chi connectivity index (χ0v) is 10.5. The molecule has 0 unspecified atom stereocenters. The van der Waals surface area contributed by atoms with E-state index in [2.05, 4.69) is 25.7 Å². The Morgan fingerprint density at radius 3 is 2.59 bits per heavy atom. The molecular formula is C12H19N3O2. The summed E-state index contributed by atoms with van der Waals surface area (Å²) in [6.45, 7) is 7.78. The van der Waals surface area contributed by atoms with Gasteiger partial charge in [0.2, 0.25) is 0 Å². The number of nitro groups is 1. The molecule has 0 fully saturated rings. The molecule has 0 amide bonds. The second-order valence-corrected chi connectivity index (χ2v) is 4.26. The number of para-hydroxylation sites is 1. The Labute approximate surface area is 101 Å². The van der Waals surface area contributed by atoms with Crippen LogP contribution < -0.4 is 5.73 Å². The zero-order chi connectivity index (χ0) is 13.0. The molecule has 0 spiro atoms. The van der Waals surface area contributed by atoms with Gasteiger partial charge < -0.3 is 5.73 Å². The standard InChI is InChI=1S/C12H19N3O2/c1-4-14(9(2)3)8-10-6-5-7-11(12(10)13)15(16)17/h5-7,9H,4,8,13H2,1-3H3. The molecule has 0 aromatic heterocycles. The number of benzene rings is 1. The van der Waals surface area contributed by atoms with E-state index in [4.69, 9.17) is 5.73 Å². The van der Waals surface area contributed by atoms with Crippen LogP contribution in [0.15, 0.2) is 18.2 Å². The zero-order valence-electron chi connectivity index (χ0n) is 10.5. The Hall–Kier alpha value is -1.62. The van der Waals surface area contributed by atoms with Gasteiger partial charge in [0.1, 0.15) is 5.69 Å². The SMILES string of the molecule is CCN(Cc1cccc([N+](=O)[O-])c1N)C(C)C. The van der Waals surface area contributed by atoms with Crippen molar-refractivity contribution in [2.24, 2.45) is 0 Å². The third kappa shape index (κ3) is 3.17. The molecule has 0 atom stereocenters. The maximum Gasteiger partial charge on any atom is 0.292 e. The van der Waals surface area contributed by atoms with Crippen molar-refractivity contribution in [3.05, 3.63) is 33.9 Å². The van der Waals surface area contributed by atoms with E-state index in [-0.39, 0.29) is 11.4 Å². The van der Waals surface area contributed by atoms with Crippen LogP contribution in [0.1, 0.15) is 26.3 Å². The van der Waals surface area contributed by atoms with E-state index in [1.807, 2.05) is 6.07 Å². The first-order valence-electron chi connectivity index (χ1n) is 5.73. The van der Waals surface area contributed by atoms with Gasteiger partial charge in [0.25, 0.3) is 5.69 Å². The van der Waals surface area contributed by atoms with E-state index >= 15 is 0 Å². The van der Waals surface area contributed by atoms with Gasteiger partial charge >= 0.3 is 0 Å².